The summed E-state index contributed by atoms with van der Waals surface area (Å²) in [6.07, 6.45) is 6.90. The van der Waals surface area contributed by atoms with E-state index in [4.69, 9.17) is 0 Å². The molecule has 6 nitrogen and oxygen atoms in total. The number of urea groups is 1. The van der Waals surface area contributed by atoms with Crippen molar-refractivity contribution in [3.8, 4) is 5.69 Å². The van der Waals surface area contributed by atoms with Crippen LogP contribution in [0, 0.1) is 5.92 Å². The molecule has 1 heterocycles. The van der Waals surface area contributed by atoms with Gasteiger partial charge in [0.25, 0.3) is 0 Å². The topological polar surface area (TPSA) is 79.2 Å². The molecule has 1 aromatic heterocycles. The Morgan fingerprint density at radius 1 is 1.32 bits per heavy atom. The summed E-state index contributed by atoms with van der Waals surface area (Å²) in [7, 11) is 0. The Bertz CT molecular complexity index is 666. The Morgan fingerprint density at radius 3 is 2.76 bits per heavy atom. The van der Waals surface area contributed by atoms with E-state index < -0.39 is 5.60 Å². The third kappa shape index (κ3) is 6.23. The monoisotopic (exact) mass is 344 g/mol. The van der Waals surface area contributed by atoms with Gasteiger partial charge in [0.2, 0.25) is 0 Å². The summed E-state index contributed by atoms with van der Waals surface area (Å²) in [5, 5.41) is 15.9. The molecule has 25 heavy (non-hydrogen) atoms. The lowest BCUT2D eigenvalue weighted by Crippen LogP contribution is -2.44. The second-order valence-electron chi connectivity index (χ2n) is 7.06. The molecule has 2 amide bonds. The minimum absolute atomic E-state index is 0.231. The van der Waals surface area contributed by atoms with E-state index in [1.807, 2.05) is 35.0 Å². The highest BCUT2D eigenvalue weighted by molar-refractivity contribution is 5.74. The van der Waals surface area contributed by atoms with Gasteiger partial charge in [-0.15, -0.1) is 0 Å². The van der Waals surface area contributed by atoms with Gasteiger partial charge in [-0.25, -0.2) is 9.78 Å². The highest BCUT2D eigenvalue weighted by Gasteiger charge is 2.21. The summed E-state index contributed by atoms with van der Waals surface area (Å²) in [5.74, 6) is 0.528. The number of amides is 2. The Kier molecular flexibility index (Phi) is 6.58. The molecule has 2 aromatic rings. The molecule has 1 atom stereocenters. The van der Waals surface area contributed by atoms with Gasteiger partial charge in [0, 0.05) is 25.5 Å². The molecule has 1 aromatic carbocycles. The Morgan fingerprint density at radius 2 is 2.08 bits per heavy atom. The summed E-state index contributed by atoms with van der Waals surface area (Å²) in [6.45, 7) is 6.62. The summed E-state index contributed by atoms with van der Waals surface area (Å²) < 4.78 is 1.91. The quantitative estimate of drug-likeness (QED) is 0.689. The molecular weight excluding hydrogens is 316 g/mol. The predicted molar refractivity (Wildman–Crippen MR) is 98.5 cm³/mol. The van der Waals surface area contributed by atoms with E-state index in [1.54, 1.807) is 19.4 Å². The van der Waals surface area contributed by atoms with Gasteiger partial charge in [0.1, 0.15) is 0 Å². The van der Waals surface area contributed by atoms with E-state index in [9.17, 15) is 9.90 Å². The van der Waals surface area contributed by atoms with E-state index in [0.29, 0.717) is 18.9 Å². The zero-order chi connectivity index (χ0) is 18.3. The average molecular weight is 344 g/mol. The predicted octanol–water partition coefficient (Wildman–Crippen LogP) is 2.86. The molecule has 0 saturated carbocycles. The molecule has 0 fully saturated rings. The van der Waals surface area contributed by atoms with Crippen LogP contribution in [0.1, 0.15) is 39.2 Å². The fourth-order valence-electron chi connectivity index (χ4n) is 2.51. The highest BCUT2D eigenvalue weighted by atomic mass is 16.3. The maximum Gasteiger partial charge on any atom is 0.315 e. The first-order chi connectivity index (χ1) is 11.9. The third-order valence-electron chi connectivity index (χ3n) is 4.10. The first-order valence-electron chi connectivity index (χ1n) is 8.68. The lowest BCUT2D eigenvalue weighted by molar-refractivity contribution is 0.0476. The van der Waals surface area contributed by atoms with Crippen LogP contribution in [0.4, 0.5) is 4.79 Å². The minimum Gasteiger partial charge on any atom is -0.388 e. The summed E-state index contributed by atoms with van der Waals surface area (Å²) in [5.41, 5.74) is 1.07. The Labute approximate surface area is 149 Å². The zero-order valence-electron chi connectivity index (χ0n) is 15.2. The number of nitrogens with one attached hydrogen (secondary N) is 2. The molecule has 0 aliphatic carbocycles. The van der Waals surface area contributed by atoms with Crippen molar-refractivity contribution in [2.24, 2.45) is 5.92 Å². The van der Waals surface area contributed by atoms with Gasteiger partial charge in [0.05, 0.1) is 17.6 Å². The van der Waals surface area contributed by atoms with E-state index in [0.717, 1.165) is 17.7 Å². The molecule has 0 bridgehead atoms. The molecule has 3 N–H and O–H groups in total. The number of rotatable bonds is 8. The van der Waals surface area contributed by atoms with E-state index >= 15 is 0 Å². The van der Waals surface area contributed by atoms with E-state index in [1.165, 1.54) is 0 Å². The number of carbonyl (C=O) groups is 1. The number of imidazole rings is 1. The maximum absolute atomic E-state index is 12.0. The molecule has 136 valence electrons. The molecule has 0 spiro atoms. The number of aliphatic hydroxyl groups is 1. The minimum atomic E-state index is -0.893. The van der Waals surface area contributed by atoms with Crippen molar-refractivity contribution in [2.45, 2.75) is 45.8 Å². The van der Waals surface area contributed by atoms with Gasteiger partial charge in [0.15, 0.2) is 0 Å². The second kappa shape index (κ2) is 8.67. The Balaban J connectivity index is 1.85. The van der Waals surface area contributed by atoms with Gasteiger partial charge in [-0.1, -0.05) is 32.0 Å². The number of hydrogen-bond acceptors (Lipinski definition) is 3. The van der Waals surface area contributed by atoms with Crippen LogP contribution in [0.25, 0.3) is 5.69 Å². The number of nitrogens with zero attached hydrogens (tertiary/aromatic N) is 2. The normalized spacial score (nSPS) is 13.5. The highest BCUT2D eigenvalue weighted by Crippen LogP contribution is 2.16. The van der Waals surface area contributed by atoms with Crippen molar-refractivity contribution in [3.05, 3.63) is 48.5 Å². The summed E-state index contributed by atoms with van der Waals surface area (Å²) in [4.78, 5) is 16.1. The number of para-hydroxylation sites is 1. The fourth-order valence-corrected chi connectivity index (χ4v) is 2.51. The standard InChI is InChI=1S/C19H28N4O2/c1-15(2)8-9-19(3,25)13-22-18(24)21-12-16-6-4-5-7-17(16)23-11-10-20-14-23/h4-7,10-11,14-15,25H,8-9,12-13H2,1-3H3,(H2,21,22,24). The smallest absolute Gasteiger partial charge is 0.315 e. The molecule has 0 radical (unpaired) electrons. The SMILES string of the molecule is CC(C)CCC(C)(O)CNC(=O)NCc1ccccc1-n1ccnc1. The maximum atomic E-state index is 12.0. The zero-order valence-corrected chi connectivity index (χ0v) is 15.2. The number of carbonyl (C=O) groups excluding carboxylic acids is 1. The lowest BCUT2D eigenvalue weighted by Gasteiger charge is -2.24. The number of hydrogen-bond donors (Lipinski definition) is 3. The van der Waals surface area contributed by atoms with E-state index in [2.05, 4.69) is 29.5 Å². The average Bonchev–Trinajstić information content (AvgIpc) is 3.11. The largest absolute Gasteiger partial charge is 0.388 e. The van der Waals surface area contributed by atoms with Gasteiger partial charge in [-0.05, 0) is 37.3 Å². The molecule has 2 rings (SSSR count). The van der Waals surface area contributed by atoms with E-state index in [-0.39, 0.29) is 12.6 Å². The fraction of sp³-hybridized carbons (Fsp3) is 0.474. The van der Waals surface area contributed by atoms with Crippen LogP contribution in [-0.4, -0.2) is 32.8 Å². The van der Waals surface area contributed by atoms with Crippen molar-refractivity contribution in [1.82, 2.24) is 20.2 Å². The van der Waals surface area contributed by atoms with Crippen LogP contribution in [0.2, 0.25) is 0 Å². The molecule has 6 heteroatoms. The van der Waals surface area contributed by atoms with Gasteiger partial charge in [-0.3, -0.25) is 0 Å². The van der Waals surface area contributed by atoms with Crippen molar-refractivity contribution in [1.29, 1.82) is 0 Å². The van der Waals surface area contributed by atoms with Gasteiger partial charge < -0.3 is 20.3 Å². The summed E-state index contributed by atoms with van der Waals surface area (Å²) in [6, 6.07) is 7.55. The van der Waals surface area contributed by atoms with Crippen LogP contribution in [0.5, 0.6) is 0 Å². The molecule has 0 aliphatic rings. The van der Waals surface area contributed by atoms with Crippen molar-refractivity contribution >= 4 is 6.03 Å². The van der Waals surface area contributed by atoms with Gasteiger partial charge >= 0.3 is 6.03 Å². The first kappa shape index (κ1) is 19.0. The first-order valence-corrected chi connectivity index (χ1v) is 8.68. The van der Waals surface area contributed by atoms with Crippen LogP contribution < -0.4 is 10.6 Å². The molecular formula is C19H28N4O2. The second-order valence-corrected chi connectivity index (χ2v) is 7.06. The lowest BCUT2D eigenvalue weighted by atomic mass is 9.95. The number of benzene rings is 1. The summed E-state index contributed by atoms with van der Waals surface area (Å²) >= 11 is 0. The molecule has 0 aliphatic heterocycles. The van der Waals surface area contributed by atoms with Crippen molar-refractivity contribution in [3.63, 3.8) is 0 Å². The van der Waals surface area contributed by atoms with Crippen molar-refractivity contribution < 1.29 is 9.90 Å². The third-order valence-corrected chi connectivity index (χ3v) is 4.10. The van der Waals surface area contributed by atoms with Crippen molar-refractivity contribution in [2.75, 3.05) is 6.54 Å². The number of aromatic nitrogens is 2. The molecule has 0 saturated heterocycles. The van der Waals surface area contributed by atoms with Crippen LogP contribution in [-0.2, 0) is 6.54 Å². The van der Waals surface area contributed by atoms with Crippen LogP contribution >= 0.6 is 0 Å². The van der Waals surface area contributed by atoms with Crippen LogP contribution in [0.3, 0.4) is 0 Å². The van der Waals surface area contributed by atoms with Crippen LogP contribution in [0.15, 0.2) is 43.0 Å². The molecule has 1 unspecified atom stereocenters. The Hall–Kier alpha value is -2.34. The van der Waals surface area contributed by atoms with Gasteiger partial charge in [-0.2, -0.15) is 0 Å².